The maximum Gasteiger partial charge on any atom is 0.113 e. The summed E-state index contributed by atoms with van der Waals surface area (Å²) in [6.45, 7) is 2.26. The summed E-state index contributed by atoms with van der Waals surface area (Å²) in [6.07, 6.45) is 8.89. The standard InChI is InChI=1S/C23H29N/c1-2-3-4-5-6-7-8-15-20-23(21-16-11-9-12-17-21)24-22-18-13-10-14-19-22/h9-14,16-19,23-24H,2-8H2,1H3/t23-/m0/s1. The predicted molar refractivity (Wildman–Crippen MR) is 105 cm³/mol. The molecule has 0 amide bonds. The average molecular weight is 319 g/mol. The number of unbranched alkanes of at least 4 members (excludes halogenated alkanes) is 6. The summed E-state index contributed by atoms with van der Waals surface area (Å²) in [5.41, 5.74) is 2.33. The summed E-state index contributed by atoms with van der Waals surface area (Å²) in [7, 11) is 0. The molecule has 1 atom stereocenters. The molecule has 0 bridgehead atoms. The second-order valence-electron chi connectivity index (χ2n) is 6.19. The highest BCUT2D eigenvalue weighted by Crippen LogP contribution is 2.18. The molecule has 1 N–H and O–H groups in total. The third-order valence-corrected chi connectivity index (χ3v) is 4.12. The minimum Gasteiger partial charge on any atom is -0.368 e. The van der Waals surface area contributed by atoms with Gasteiger partial charge in [-0.05, 0) is 24.1 Å². The SMILES string of the molecule is CCCCCCCCC#C[C@H](Nc1ccccc1)c1ccccc1. The molecule has 126 valence electrons. The third kappa shape index (κ3) is 6.92. The van der Waals surface area contributed by atoms with E-state index in [0.717, 1.165) is 12.1 Å². The number of benzene rings is 2. The Morgan fingerprint density at radius 1 is 0.792 bits per heavy atom. The van der Waals surface area contributed by atoms with E-state index in [0.29, 0.717) is 0 Å². The van der Waals surface area contributed by atoms with Crippen molar-refractivity contribution in [2.24, 2.45) is 0 Å². The van der Waals surface area contributed by atoms with Gasteiger partial charge in [-0.15, -0.1) is 5.92 Å². The maximum atomic E-state index is 3.54. The number of nitrogens with one attached hydrogen (secondary N) is 1. The minimum atomic E-state index is 0.0497. The van der Waals surface area contributed by atoms with Gasteiger partial charge in [0.2, 0.25) is 0 Å². The van der Waals surface area contributed by atoms with E-state index in [1.54, 1.807) is 0 Å². The lowest BCUT2D eigenvalue weighted by Gasteiger charge is -2.15. The normalized spacial score (nSPS) is 11.4. The first-order chi connectivity index (χ1) is 11.9. The van der Waals surface area contributed by atoms with Crippen LogP contribution in [0.1, 0.15) is 63.5 Å². The van der Waals surface area contributed by atoms with E-state index in [4.69, 9.17) is 0 Å². The maximum absolute atomic E-state index is 3.54. The fourth-order valence-corrected chi connectivity index (χ4v) is 2.72. The molecule has 0 unspecified atom stereocenters. The molecule has 0 aliphatic rings. The highest BCUT2D eigenvalue weighted by Gasteiger charge is 2.07. The van der Waals surface area contributed by atoms with Gasteiger partial charge in [-0.2, -0.15) is 0 Å². The number of para-hydroxylation sites is 1. The van der Waals surface area contributed by atoms with Crippen molar-refractivity contribution >= 4 is 5.69 Å². The second kappa shape index (κ2) is 11.4. The van der Waals surface area contributed by atoms with Crippen LogP contribution in [0.25, 0.3) is 0 Å². The van der Waals surface area contributed by atoms with Crippen molar-refractivity contribution < 1.29 is 0 Å². The number of hydrogen-bond acceptors (Lipinski definition) is 1. The van der Waals surface area contributed by atoms with Crippen LogP contribution in [-0.4, -0.2) is 0 Å². The Bertz CT molecular complexity index is 607. The molecule has 0 radical (unpaired) electrons. The highest BCUT2D eigenvalue weighted by atomic mass is 14.9. The lowest BCUT2D eigenvalue weighted by atomic mass is 10.1. The Morgan fingerprint density at radius 3 is 2.12 bits per heavy atom. The van der Waals surface area contributed by atoms with Crippen LogP contribution in [0.2, 0.25) is 0 Å². The van der Waals surface area contributed by atoms with Gasteiger partial charge in [0.25, 0.3) is 0 Å². The van der Waals surface area contributed by atoms with E-state index in [2.05, 4.69) is 60.5 Å². The van der Waals surface area contributed by atoms with Crippen molar-refractivity contribution in [3.63, 3.8) is 0 Å². The van der Waals surface area contributed by atoms with Crippen LogP contribution in [0.15, 0.2) is 60.7 Å². The lowest BCUT2D eigenvalue weighted by Crippen LogP contribution is -2.08. The fraction of sp³-hybridized carbons (Fsp3) is 0.391. The Morgan fingerprint density at radius 2 is 1.42 bits per heavy atom. The van der Waals surface area contributed by atoms with Gasteiger partial charge in [0.1, 0.15) is 6.04 Å². The first kappa shape index (κ1) is 18.1. The summed E-state index contributed by atoms with van der Waals surface area (Å²) < 4.78 is 0. The Hall–Kier alpha value is -2.20. The first-order valence-corrected chi connectivity index (χ1v) is 9.25. The van der Waals surface area contributed by atoms with Gasteiger partial charge in [-0.3, -0.25) is 0 Å². The van der Waals surface area contributed by atoms with Crippen molar-refractivity contribution in [1.29, 1.82) is 0 Å². The monoisotopic (exact) mass is 319 g/mol. The van der Waals surface area contributed by atoms with Crippen LogP contribution in [0.3, 0.4) is 0 Å². The van der Waals surface area contributed by atoms with E-state index in [9.17, 15) is 0 Å². The largest absolute Gasteiger partial charge is 0.368 e. The van der Waals surface area contributed by atoms with Gasteiger partial charge in [-0.1, -0.05) is 93.5 Å². The Balaban J connectivity index is 1.89. The molecular formula is C23H29N. The van der Waals surface area contributed by atoms with Crippen LogP contribution >= 0.6 is 0 Å². The van der Waals surface area contributed by atoms with Crippen LogP contribution in [0.4, 0.5) is 5.69 Å². The molecule has 0 saturated carbocycles. The summed E-state index contributed by atoms with van der Waals surface area (Å²) in [5, 5.41) is 3.54. The zero-order valence-electron chi connectivity index (χ0n) is 14.8. The van der Waals surface area contributed by atoms with Crippen LogP contribution in [0, 0.1) is 11.8 Å². The van der Waals surface area contributed by atoms with Crippen molar-refractivity contribution in [3.8, 4) is 11.8 Å². The zero-order valence-corrected chi connectivity index (χ0v) is 14.8. The molecular weight excluding hydrogens is 290 g/mol. The summed E-state index contributed by atoms with van der Waals surface area (Å²) >= 11 is 0. The minimum absolute atomic E-state index is 0.0497. The van der Waals surface area contributed by atoms with E-state index >= 15 is 0 Å². The molecule has 2 rings (SSSR count). The molecule has 1 nitrogen and oxygen atoms in total. The molecule has 0 aliphatic heterocycles. The van der Waals surface area contributed by atoms with Crippen LogP contribution in [-0.2, 0) is 0 Å². The van der Waals surface area contributed by atoms with Crippen molar-refractivity contribution in [2.45, 2.75) is 57.9 Å². The number of hydrogen-bond donors (Lipinski definition) is 1. The van der Waals surface area contributed by atoms with Gasteiger partial charge in [0.05, 0.1) is 0 Å². The third-order valence-electron chi connectivity index (χ3n) is 4.12. The summed E-state index contributed by atoms with van der Waals surface area (Å²) in [4.78, 5) is 0. The molecule has 0 spiro atoms. The fourth-order valence-electron chi connectivity index (χ4n) is 2.72. The molecule has 0 heterocycles. The second-order valence-corrected chi connectivity index (χ2v) is 6.19. The van der Waals surface area contributed by atoms with Gasteiger partial charge in [0.15, 0.2) is 0 Å². The lowest BCUT2D eigenvalue weighted by molar-refractivity contribution is 0.614. The van der Waals surface area contributed by atoms with E-state index < -0.39 is 0 Å². The van der Waals surface area contributed by atoms with Crippen molar-refractivity contribution in [2.75, 3.05) is 5.32 Å². The quantitative estimate of drug-likeness (QED) is 0.406. The summed E-state index contributed by atoms with van der Waals surface area (Å²) in [6, 6.07) is 20.8. The molecule has 0 saturated heterocycles. The van der Waals surface area contributed by atoms with E-state index in [1.165, 1.54) is 44.1 Å². The van der Waals surface area contributed by atoms with E-state index in [1.807, 2.05) is 24.3 Å². The van der Waals surface area contributed by atoms with Crippen molar-refractivity contribution in [1.82, 2.24) is 0 Å². The van der Waals surface area contributed by atoms with Gasteiger partial charge >= 0.3 is 0 Å². The van der Waals surface area contributed by atoms with Crippen LogP contribution in [0.5, 0.6) is 0 Å². The number of anilines is 1. The molecule has 0 fully saturated rings. The molecule has 0 aliphatic carbocycles. The topological polar surface area (TPSA) is 12.0 Å². The predicted octanol–water partition coefficient (Wildman–Crippen LogP) is 6.59. The molecule has 0 aromatic heterocycles. The zero-order chi connectivity index (χ0) is 16.9. The Kier molecular flexibility index (Phi) is 8.58. The summed E-state index contributed by atoms with van der Waals surface area (Å²) in [5.74, 6) is 6.81. The van der Waals surface area contributed by atoms with Gasteiger partial charge in [0, 0.05) is 12.1 Å². The average Bonchev–Trinajstić information content (AvgIpc) is 2.64. The number of rotatable bonds is 9. The molecule has 2 aromatic carbocycles. The molecule has 1 heteroatoms. The Labute approximate surface area is 147 Å². The van der Waals surface area contributed by atoms with Crippen molar-refractivity contribution in [3.05, 3.63) is 66.2 Å². The smallest absolute Gasteiger partial charge is 0.113 e. The van der Waals surface area contributed by atoms with Gasteiger partial charge in [-0.25, -0.2) is 0 Å². The van der Waals surface area contributed by atoms with Crippen LogP contribution < -0.4 is 5.32 Å². The highest BCUT2D eigenvalue weighted by molar-refractivity contribution is 5.47. The first-order valence-electron chi connectivity index (χ1n) is 9.25. The molecule has 24 heavy (non-hydrogen) atoms. The van der Waals surface area contributed by atoms with Gasteiger partial charge < -0.3 is 5.32 Å². The molecule has 2 aromatic rings. The van der Waals surface area contributed by atoms with E-state index in [-0.39, 0.29) is 6.04 Å².